The lowest BCUT2D eigenvalue weighted by molar-refractivity contribution is -0.384. The van der Waals surface area contributed by atoms with Crippen LogP contribution in [0.5, 0.6) is 0 Å². The second-order valence-electron chi connectivity index (χ2n) is 9.25. The molecule has 0 N–H and O–H groups in total. The molecule has 0 radical (unpaired) electrons. The molecule has 3 heterocycles. The van der Waals surface area contributed by atoms with Gasteiger partial charge in [0.25, 0.3) is 5.69 Å². The first kappa shape index (κ1) is 21.9. The van der Waals surface area contributed by atoms with Crippen molar-refractivity contribution in [3.63, 3.8) is 0 Å². The van der Waals surface area contributed by atoms with E-state index in [2.05, 4.69) is 0 Å². The van der Waals surface area contributed by atoms with Crippen molar-refractivity contribution >= 4 is 29.4 Å². The Kier molecular flexibility index (Phi) is 5.03. The van der Waals surface area contributed by atoms with Gasteiger partial charge in [-0.05, 0) is 34.9 Å². The van der Waals surface area contributed by atoms with Gasteiger partial charge in [0.2, 0.25) is 11.8 Å². The molecule has 4 atom stereocenters. The molecular weight excluding hydrogens is 458 g/mol. The number of amides is 2. The topological polar surface area (TPSA) is 101 Å². The molecule has 0 spiro atoms. The Morgan fingerprint density at radius 2 is 1.53 bits per heavy atom. The minimum Gasteiger partial charge on any atom is -0.358 e. The molecule has 0 bridgehead atoms. The Balaban J connectivity index is 1.43. The fourth-order valence-corrected chi connectivity index (χ4v) is 5.76. The fourth-order valence-electron chi connectivity index (χ4n) is 5.76. The number of non-ortho nitro benzene ring substituents is 1. The zero-order valence-corrected chi connectivity index (χ0v) is 19.1. The molecule has 8 nitrogen and oxygen atoms in total. The van der Waals surface area contributed by atoms with Crippen molar-refractivity contribution in [1.29, 1.82) is 0 Å². The van der Waals surface area contributed by atoms with Gasteiger partial charge in [0.15, 0.2) is 5.78 Å². The molecule has 8 heteroatoms. The highest BCUT2D eigenvalue weighted by atomic mass is 16.6. The highest BCUT2D eigenvalue weighted by Gasteiger charge is 2.64. The third kappa shape index (κ3) is 3.25. The average Bonchev–Trinajstić information content (AvgIpc) is 3.37. The van der Waals surface area contributed by atoms with Crippen LogP contribution in [0.15, 0.2) is 85.1 Å². The van der Waals surface area contributed by atoms with Gasteiger partial charge in [-0.25, -0.2) is 0 Å². The number of nitrogens with zero attached hydrogens (tertiary/aromatic N) is 3. The van der Waals surface area contributed by atoms with Crippen LogP contribution in [0.4, 0.5) is 5.69 Å². The van der Waals surface area contributed by atoms with Gasteiger partial charge >= 0.3 is 0 Å². The van der Waals surface area contributed by atoms with Gasteiger partial charge in [-0.3, -0.25) is 29.4 Å². The summed E-state index contributed by atoms with van der Waals surface area (Å²) in [5.74, 6) is -2.56. The van der Waals surface area contributed by atoms with Crippen molar-refractivity contribution in [3.05, 3.63) is 117 Å². The Labute approximate surface area is 206 Å². The average molecular weight is 479 g/mol. The monoisotopic (exact) mass is 479 g/mol. The molecule has 36 heavy (non-hydrogen) atoms. The molecule has 3 aromatic carbocycles. The summed E-state index contributed by atoms with van der Waals surface area (Å²) < 4.78 is 0. The van der Waals surface area contributed by atoms with Crippen LogP contribution in [0.1, 0.15) is 33.1 Å². The van der Waals surface area contributed by atoms with Crippen molar-refractivity contribution in [2.75, 3.05) is 0 Å². The SMILES string of the molecule is O=C(c1ccc([N+](=O)[O-])cc1)[C@@H]1[C@@H]2C(=O)N(Cc3ccccc3)C(=O)[C@H]2[C@H]2c3ccccc3C=CN12. The second kappa shape index (κ2) is 8.27. The molecule has 0 aromatic heterocycles. The van der Waals surface area contributed by atoms with E-state index in [0.717, 1.165) is 16.7 Å². The smallest absolute Gasteiger partial charge is 0.269 e. The van der Waals surface area contributed by atoms with Crippen LogP contribution in [0.25, 0.3) is 6.08 Å². The van der Waals surface area contributed by atoms with E-state index in [1.54, 1.807) is 6.20 Å². The van der Waals surface area contributed by atoms with E-state index in [1.165, 1.54) is 29.2 Å². The molecule has 2 saturated heterocycles. The third-order valence-electron chi connectivity index (χ3n) is 7.37. The lowest BCUT2D eigenvalue weighted by atomic mass is 9.83. The highest BCUT2D eigenvalue weighted by Crippen LogP contribution is 2.53. The molecule has 0 unspecified atom stereocenters. The van der Waals surface area contributed by atoms with Gasteiger partial charge in [0, 0.05) is 23.9 Å². The zero-order chi connectivity index (χ0) is 25.0. The number of ketones is 1. The van der Waals surface area contributed by atoms with Gasteiger partial charge in [-0.2, -0.15) is 0 Å². The van der Waals surface area contributed by atoms with Gasteiger partial charge in [-0.15, -0.1) is 0 Å². The lowest BCUT2D eigenvalue weighted by Gasteiger charge is -2.35. The van der Waals surface area contributed by atoms with Crippen LogP contribution >= 0.6 is 0 Å². The van der Waals surface area contributed by atoms with E-state index in [0.29, 0.717) is 0 Å². The van der Waals surface area contributed by atoms with Crippen molar-refractivity contribution < 1.29 is 19.3 Å². The molecule has 3 aromatic rings. The molecule has 178 valence electrons. The van der Waals surface area contributed by atoms with Crippen molar-refractivity contribution in [3.8, 4) is 0 Å². The van der Waals surface area contributed by atoms with Gasteiger partial charge in [0.05, 0.1) is 29.3 Å². The number of nitro benzene ring substituents is 1. The zero-order valence-electron chi connectivity index (χ0n) is 19.1. The minimum atomic E-state index is -0.900. The van der Waals surface area contributed by atoms with E-state index < -0.39 is 28.8 Å². The normalized spacial score (nSPS) is 23.9. The predicted octanol–water partition coefficient (Wildman–Crippen LogP) is 3.99. The summed E-state index contributed by atoms with van der Waals surface area (Å²) in [6, 6.07) is 21.0. The number of benzene rings is 3. The third-order valence-corrected chi connectivity index (χ3v) is 7.37. The summed E-state index contributed by atoms with van der Waals surface area (Å²) in [4.78, 5) is 55.0. The maximum atomic E-state index is 13.8. The van der Waals surface area contributed by atoms with E-state index >= 15 is 0 Å². The summed E-state index contributed by atoms with van der Waals surface area (Å²) in [6.07, 6.45) is 3.68. The van der Waals surface area contributed by atoms with E-state index in [1.807, 2.05) is 65.6 Å². The number of fused-ring (bicyclic) bond motifs is 5. The van der Waals surface area contributed by atoms with E-state index in [-0.39, 0.29) is 35.4 Å². The quantitative estimate of drug-likeness (QED) is 0.237. The van der Waals surface area contributed by atoms with Gasteiger partial charge < -0.3 is 4.90 Å². The first-order valence-electron chi connectivity index (χ1n) is 11.7. The van der Waals surface area contributed by atoms with Gasteiger partial charge in [0.1, 0.15) is 6.04 Å². The standard InChI is InChI=1S/C28H21N3O5/c32-26(19-10-12-20(13-11-19)31(35)36)25-23-22(24-21-9-5-4-8-18(21)14-15-29(24)25)27(33)30(28(23)34)16-17-6-2-1-3-7-17/h1-15,22-25H,16H2/t22-,23-,24-,25+/m1/s1. The van der Waals surface area contributed by atoms with Crippen LogP contribution in [0.3, 0.4) is 0 Å². The van der Waals surface area contributed by atoms with Crippen LogP contribution in [-0.4, -0.2) is 38.4 Å². The summed E-state index contributed by atoms with van der Waals surface area (Å²) in [6.45, 7) is 0.147. The number of Topliss-reactive ketones (excluding diaryl/α,β-unsaturated/α-hetero) is 1. The fraction of sp³-hybridized carbons (Fsp3) is 0.179. The number of rotatable bonds is 5. The number of hydrogen-bond acceptors (Lipinski definition) is 6. The number of hydrogen-bond donors (Lipinski definition) is 0. The van der Waals surface area contributed by atoms with Crippen molar-refractivity contribution in [2.45, 2.75) is 18.6 Å². The number of nitro groups is 1. The number of carbonyl (C=O) groups excluding carboxylic acids is 3. The Morgan fingerprint density at radius 1 is 0.861 bits per heavy atom. The molecule has 0 aliphatic carbocycles. The van der Waals surface area contributed by atoms with E-state index in [4.69, 9.17) is 0 Å². The number of carbonyl (C=O) groups is 3. The summed E-state index contributed by atoms with van der Waals surface area (Å²) >= 11 is 0. The molecule has 2 amide bonds. The second-order valence-corrected chi connectivity index (χ2v) is 9.25. The van der Waals surface area contributed by atoms with Crippen LogP contribution in [-0.2, 0) is 16.1 Å². The molecule has 3 aliphatic heterocycles. The predicted molar refractivity (Wildman–Crippen MR) is 130 cm³/mol. The first-order chi connectivity index (χ1) is 17.5. The molecule has 6 rings (SSSR count). The minimum absolute atomic E-state index is 0.123. The lowest BCUT2D eigenvalue weighted by Crippen LogP contribution is -2.44. The summed E-state index contributed by atoms with van der Waals surface area (Å²) in [5.41, 5.74) is 2.82. The Morgan fingerprint density at radius 3 is 2.25 bits per heavy atom. The maximum Gasteiger partial charge on any atom is 0.269 e. The van der Waals surface area contributed by atoms with Crippen molar-refractivity contribution in [2.24, 2.45) is 11.8 Å². The molecule has 3 aliphatic rings. The maximum absolute atomic E-state index is 13.8. The van der Waals surface area contributed by atoms with Crippen molar-refractivity contribution in [1.82, 2.24) is 9.80 Å². The number of imide groups is 1. The summed E-state index contributed by atoms with van der Waals surface area (Å²) in [5, 5.41) is 11.1. The summed E-state index contributed by atoms with van der Waals surface area (Å²) in [7, 11) is 0. The molecule has 0 saturated carbocycles. The molecular formula is C28H21N3O5. The van der Waals surface area contributed by atoms with Crippen LogP contribution in [0.2, 0.25) is 0 Å². The Bertz CT molecular complexity index is 1430. The first-order valence-corrected chi connectivity index (χ1v) is 11.7. The van der Waals surface area contributed by atoms with E-state index in [9.17, 15) is 24.5 Å². The Hall–Kier alpha value is -4.59. The highest BCUT2D eigenvalue weighted by molar-refractivity contribution is 6.12. The largest absolute Gasteiger partial charge is 0.358 e. The van der Waals surface area contributed by atoms with Crippen LogP contribution < -0.4 is 0 Å². The molecule has 2 fully saturated rings. The number of likely N-dealkylation sites (tertiary alicyclic amines) is 1. The van der Waals surface area contributed by atoms with Gasteiger partial charge in [-0.1, -0.05) is 54.6 Å². The van der Waals surface area contributed by atoms with Crippen LogP contribution in [0, 0.1) is 22.0 Å².